The van der Waals surface area contributed by atoms with Crippen LogP contribution in [0.15, 0.2) is 0 Å². The molecular formula is C8H14MgO10S2. The van der Waals surface area contributed by atoms with Gasteiger partial charge in [0.15, 0.2) is 0 Å². The summed E-state index contributed by atoms with van der Waals surface area (Å²) in [5.74, 6) is -3.55. The van der Waals surface area contributed by atoms with E-state index in [0.29, 0.717) is 0 Å². The van der Waals surface area contributed by atoms with Crippen molar-refractivity contribution in [2.24, 2.45) is 0 Å². The third kappa shape index (κ3) is 10.8. The number of carboxylic acid groups (broad SMARTS) is 2. The largest absolute Gasteiger partial charge is 2.00 e. The Hall–Kier alpha value is -0.474. The van der Waals surface area contributed by atoms with E-state index in [-0.39, 0.29) is 35.9 Å². The predicted molar refractivity (Wildman–Crippen MR) is 67.0 cm³/mol. The van der Waals surface area contributed by atoms with Gasteiger partial charge in [0, 0.05) is 0 Å². The zero-order chi connectivity index (χ0) is 16.7. The fourth-order valence-corrected chi connectivity index (χ4v) is 2.33. The molecule has 0 saturated heterocycles. The molecule has 2 N–H and O–H groups in total. The van der Waals surface area contributed by atoms with Crippen molar-refractivity contribution in [3.05, 3.63) is 0 Å². The van der Waals surface area contributed by atoms with E-state index in [2.05, 4.69) is 0 Å². The Labute approximate surface area is 138 Å². The topological polar surface area (TPSA) is 189 Å². The molecule has 2 unspecified atom stereocenters. The van der Waals surface area contributed by atoms with Crippen molar-refractivity contribution in [3.63, 3.8) is 0 Å². The summed E-state index contributed by atoms with van der Waals surface area (Å²) in [6, 6.07) is 0. The number of carboxylic acids is 2. The molecule has 2 atom stereocenters. The molecular weight excluding hydrogens is 345 g/mol. The molecule has 21 heavy (non-hydrogen) atoms. The van der Waals surface area contributed by atoms with Gasteiger partial charge in [0.1, 0.15) is 10.5 Å². The van der Waals surface area contributed by atoms with Crippen LogP contribution in [-0.4, -0.2) is 71.4 Å². The van der Waals surface area contributed by atoms with Crippen molar-refractivity contribution >= 4 is 55.2 Å². The van der Waals surface area contributed by atoms with E-state index in [0.717, 1.165) is 0 Å². The third-order valence-electron chi connectivity index (χ3n) is 1.99. The van der Waals surface area contributed by atoms with E-state index in [4.69, 9.17) is 9.11 Å². The Balaban J connectivity index is -0.000000295. The van der Waals surface area contributed by atoms with Crippen LogP contribution in [0.25, 0.3) is 0 Å². The van der Waals surface area contributed by atoms with Crippen LogP contribution in [0.4, 0.5) is 0 Å². The number of rotatable bonds is 6. The molecule has 0 aromatic carbocycles. The molecule has 0 rings (SSSR count). The second-order valence-electron chi connectivity index (χ2n) is 3.46. The van der Waals surface area contributed by atoms with Crippen LogP contribution in [0.1, 0.15) is 26.7 Å². The van der Waals surface area contributed by atoms with E-state index in [1.807, 2.05) is 0 Å². The average Bonchev–Trinajstić information content (AvgIpc) is 2.13. The molecule has 0 fully saturated rings. The molecule has 0 amide bonds. The van der Waals surface area contributed by atoms with Crippen LogP contribution in [-0.2, 0) is 29.8 Å². The number of hydrogen-bond acceptors (Lipinski definition) is 8. The fraction of sp³-hybridized carbons (Fsp3) is 0.750. The van der Waals surface area contributed by atoms with Gasteiger partial charge < -0.3 is 19.8 Å². The van der Waals surface area contributed by atoms with Crippen LogP contribution >= 0.6 is 0 Å². The van der Waals surface area contributed by atoms with Crippen molar-refractivity contribution in [3.8, 4) is 0 Å². The van der Waals surface area contributed by atoms with E-state index in [1.54, 1.807) is 0 Å². The van der Waals surface area contributed by atoms with E-state index in [9.17, 15) is 36.6 Å². The monoisotopic (exact) mass is 358 g/mol. The summed E-state index contributed by atoms with van der Waals surface area (Å²) in [7, 11) is -8.95. The van der Waals surface area contributed by atoms with Gasteiger partial charge in [-0.1, -0.05) is 13.8 Å². The summed E-state index contributed by atoms with van der Waals surface area (Å²) in [5, 5.41) is 16.3. The van der Waals surface area contributed by atoms with Gasteiger partial charge in [-0.05, 0) is 12.8 Å². The Morgan fingerprint density at radius 1 is 0.857 bits per heavy atom. The molecule has 120 valence electrons. The maximum Gasteiger partial charge on any atom is 2.00 e. The zero-order valence-electron chi connectivity index (χ0n) is 11.3. The second-order valence-corrected chi connectivity index (χ2v) is 6.66. The van der Waals surface area contributed by atoms with Crippen LogP contribution in [0, 0.1) is 0 Å². The molecule has 0 aliphatic rings. The molecule has 0 heterocycles. The first-order valence-corrected chi connectivity index (χ1v) is 8.13. The molecule has 0 aromatic heterocycles. The minimum absolute atomic E-state index is 0. The Morgan fingerprint density at radius 3 is 1.05 bits per heavy atom. The second kappa shape index (κ2) is 10.3. The first-order chi connectivity index (χ1) is 8.78. The van der Waals surface area contributed by atoms with Gasteiger partial charge in [0.05, 0.1) is 11.9 Å². The summed E-state index contributed by atoms with van der Waals surface area (Å²) in [5.41, 5.74) is 0. The Bertz CT molecular complexity index is 487. The summed E-state index contributed by atoms with van der Waals surface area (Å²) < 4.78 is 57.0. The minimum Gasteiger partial charge on any atom is -0.549 e. The van der Waals surface area contributed by atoms with Crippen LogP contribution in [0.3, 0.4) is 0 Å². The SMILES string of the molecule is CCC(C(=O)[O-])S(=O)(=O)O.CCC(C(=O)[O-])S(=O)(=O)O.[Mg+2]. The van der Waals surface area contributed by atoms with Gasteiger partial charge in [-0.15, -0.1) is 0 Å². The van der Waals surface area contributed by atoms with Gasteiger partial charge in [-0.25, -0.2) is 0 Å². The maximum atomic E-state index is 10.1. The van der Waals surface area contributed by atoms with Crippen LogP contribution in [0.5, 0.6) is 0 Å². The van der Waals surface area contributed by atoms with E-state index in [1.165, 1.54) is 13.8 Å². The van der Waals surface area contributed by atoms with Gasteiger partial charge in [0.2, 0.25) is 0 Å². The first kappa shape index (κ1) is 25.5. The predicted octanol–water partition coefficient (Wildman–Crippen LogP) is -3.58. The molecule has 0 spiro atoms. The van der Waals surface area contributed by atoms with E-state index < -0.39 is 42.7 Å². The van der Waals surface area contributed by atoms with Crippen molar-refractivity contribution in [2.45, 2.75) is 37.2 Å². The van der Waals surface area contributed by atoms with Crippen molar-refractivity contribution in [1.29, 1.82) is 0 Å². The normalized spacial score (nSPS) is 13.9. The van der Waals surface area contributed by atoms with Crippen LogP contribution < -0.4 is 10.2 Å². The fourth-order valence-electron chi connectivity index (χ4n) is 0.998. The summed E-state index contributed by atoms with van der Waals surface area (Å²) >= 11 is 0. The standard InChI is InChI=1S/2C4H8O5S.Mg/c2*1-2-3(4(5)6)10(7,8)9;/h2*3H,2H2,1H3,(H,5,6)(H,7,8,9);/q;;+2/p-2. The Kier molecular flexibility index (Phi) is 12.5. The first-order valence-electron chi connectivity index (χ1n) is 5.13. The van der Waals surface area contributed by atoms with E-state index >= 15 is 0 Å². The zero-order valence-corrected chi connectivity index (χ0v) is 14.3. The van der Waals surface area contributed by atoms with Crippen molar-refractivity contribution in [2.75, 3.05) is 0 Å². The maximum absolute atomic E-state index is 10.1. The quantitative estimate of drug-likeness (QED) is 0.354. The molecule has 0 aromatic rings. The molecule has 0 bridgehead atoms. The van der Waals surface area contributed by atoms with Crippen molar-refractivity contribution in [1.82, 2.24) is 0 Å². The molecule has 0 saturated carbocycles. The molecule has 0 aliphatic heterocycles. The molecule has 0 aliphatic carbocycles. The number of carbonyl (C=O) groups excluding carboxylic acids is 2. The number of aliphatic carboxylic acids is 2. The minimum atomic E-state index is -4.48. The van der Waals surface area contributed by atoms with Gasteiger partial charge in [0.25, 0.3) is 20.2 Å². The molecule has 10 nitrogen and oxygen atoms in total. The molecule has 0 radical (unpaired) electrons. The smallest absolute Gasteiger partial charge is 0.549 e. The summed E-state index contributed by atoms with van der Waals surface area (Å²) in [4.78, 5) is 19.9. The van der Waals surface area contributed by atoms with Crippen LogP contribution in [0.2, 0.25) is 0 Å². The van der Waals surface area contributed by atoms with Crippen molar-refractivity contribution < 1.29 is 45.7 Å². The van der Waals surface area contributed by atoms with Gasteiger partial charge in [-0.2, -0.15) is 16.8 Å². The summed E-state index contributed by atoms with van der Waals surface area (Å²) in [6.07, 6.45) is -0.387. The van der Waals surface area contributed by atoms with Gasteiger partial charge >= 0.3 is 23.1 Å². The van der Waals surface area contributed by atoms with Gasteiger partial charge in [-0.3, -0.25) is 9.11 Å². The number of carbonyl (C=O) groups is 2. The average molecular weight is 359 g/mol. The summed E-state index contributed by atoms with van der Waals surface area (Å²) in [6.45, 7) is 2.66. The Morgan fingerprint density at radius 2 is 1.05 bits per heavy atom. The third-order valence-corrected chi connectivity index (χ3v) is 4.48. The molecule has 13 heteroatoms. The number of hydrogen-bond donors (Lipinski definition) is 2.